The van der Waals surface area contributed by atoms with E-state index in [0.29, 0.717) is 30.7 Å². The first-order valence-electron chi connectivity index (χ1n) is 8.49. The largest absolute Gasteiger partial charge is 0.454 e. The van der Waals surface area contributed by atoms with Crippen molar-refractivity contribution in [3.8, 4) is 11.5 Å². The van der Waals surface area contributed by atoms with Crippen LogP contribution in [0.2, 0.25) is 0 Å². The molecule has 0 aromatic heterocycles. The van der Waals surface area contributed by atoms with Gasteiger partial charge in [-0.2, -0.15) is 0 Å². The normalized spacial score (nSPS) is 11.9. The molecule has 2 amide bonds. The van der Waals surface area contributed by atoms with E-state index in [0.717, 1.165) is 16.9 Å². The smallest absolute Gasteiger partial charge is 0.253 e. The topological polar surface area (TPSA) is 67.9 Å². The average Bonchev–Trinajstić information content (AvgIpc) is 3.12. The van der Waals surface area contributed by atoms with Crippen molar-refractivity contribution in [1.29, 1.82) is 0 Å². The first kappa shape index (κ1) is 17.8. The predicted molar refractivity (Wildman–Crippen MR) is 97.2 cm³/mol. The Hall–Kier alpha value is -3.02. The Kier molecular flexibility index (Phi) is 5.41. The minimum atomic E-state index is -0.0296. The lowest BCUT2D eigenvalue weighted by Crippen LogP contribution is -2.23. The Morgan fingerprint density at radius 1 is 1.00 bits per heavy atom. The zero-order valence-electron chi connectivity index (χ0n) is 15.0. The van der Waals surface area contributed by atoms with Crippen LogP contribution in [0.1, 0.15) is 27.9 Å². The number of benzene rings is 2. The van der Waals surface area contributed by atoms with E-state index in [1.807, 2.05) is 30.3 Å². The molecule has 0 spiro atoms. The Bertz CT molecular complexity index is 800. The predicted octanol–water partition coefficient (Wildman–Crippen LogP) is 2.37. The van der Waals surface area contributed by atoms with Gasteiger partial charge in [0.05, 0.1) is 0 Å². The molecule has 0 radical (unpaired) electrons. The highest BCUT2D eigenvalue weighted by atomic mass is 16.7. The number of nitrogens with zero attached hydrogens (tertiary/aromatic N) is 1. The van der Waals surface area contributed by atoms with Crippen LogP contribution >= 0.6 is 0 Å². The molecule has 26 heavy (non-hydrogen) atoms. The molecule has 0 saturated heterocycles. The second-order valence-electron chi connectivity index (χ2n) is 6.36. The number of carbonyl (C=O) groups excluding carboxylic acids is 2. The van der Waals surface area contributed by atoms with Gasteiger partial charge in [0, 0.05) is 32.6 Å². The van der Waals surface area contributed by atoms with Gasteiger partial charge >= 0.3 is 0 Å². The van der Waals surface area contributed by atoms with E-state index in [4.69, 9.17) is 9.47 Å². The zero-order valence-corrected chi connectivity index (χ0v) is 15.0. The summed E-state index contributed by atoms with van der Waals surface area (Å²) in [6, 6.07) is 13.0. The van der Waals surface area contributed by atoms with Gasteiger partial charge in [0.25, 0.3) is 5.91 Å². The van der Waals surface area contributed by atoms with E-state index in [2.05, 4.69) is 5.32 Å². The molecule has 0 saturated carbocycles. The van der Waals surface area contributed by atoms with Gasteiger partial charge < -0.3 is 19.7 Å². The number of carbonyl (C=O) groups is 2. The zero-order chi connectivity index (χ0) is 18.5. The minimum absolute atomic E-state index is 0.0175. The third-order valence-electron chi connectivity index (χ3n) is 4.17. The number of aryl methyl sites for hydroxylation is 1. The summed E-state index contributed by atoms with van der Waals surface area (Å²) in [6.45, 7) is 0.690. The first-order chi connectivity index (χ1) is 12.5. The number of nitrogens with one attached hydrogen (secondary N) is 1. The van der Waals surface area contributed by atoms with E-state index in [1.165, 1.54) is 0 Å². The van der Waals surface area contributed by atoms with Gasteiger partial charge in [-0.05, 0) is 41.8 Å². The highest BCUT2D eigenvalue weighted by molar-refractivity contribution is 5.93. The maximum Gasteiger partial charge on any atom is 0.253 e. The fourth-order valence-electron chi connectivity index (χ4n) is 2.67. The van der Waals surface area contributed by atoms with Crippen molar-refractivity contribution in [2.24, 2.45) is 0 Å². The van der Waals surface area contributed by atoms with Gasteiger partial charge in [-0.15, -0.1) is 0 Å². The quantitative estimate of drug-likeness (QED) is 0.865. The van der Waals surface area contributed by atoms with E-state index in [9.17, 15) is 9.59 Å². The van der Waals surface area contributed by atoms with Gasteiger partial charge in [-0.3, -0.25) is 9.59 Å². The number of fused-ring (bicyclic) bond motifs is 1. The molecule has 1 aliphatic heterocycles. The van der Waals surface area contributed by atoms with Crippen molar-refractivity contribution in [2.45, 2.75) is 19.4 Å². The molecule has 0 aliphatic carbocycles. The minimum Gasteiger partial charge on any atom is -0.454 e. The Morgan fingerprint density at radius 2 is 1.69 bits per heavy atom. The van der Waals surface area contributed by atoms with E-state index in [-0.39, 0.29) is 18.6 Å². The van der Waals surface area contributed by atoms with Crippen LogP contribution in [-0.4, -0.2) is 37.6 Å². The standard InChI is InChI=1S/C20H22N2O4/c1-22(2)20(24)16-7-3-14(4-8-16)6-10-19(23)21-12-15-5-9-17-18(11-15)26-13-25-17/h3-5,7-9,11H,6,10,12-13H2,1-2H3,(H,21,23). The molecular formula is C20H22N2O4. The van der Waals surface area contributed by atoms with E-state index in [1.54, 1.807) is 31.1 Å². The van der Waals surface area contributed by atoms with Crippen LogP contribution in [-0.2, 0) is 17.8 Å². The maximum absolute atomic E-state index is 12.1. The van der Waals surface area contributed by atoms with Crippen molar-refractivity contribution in [3.05, 3.63) is 59.2 Å². The van der Waals surface area contributed by atoms with Crippen molar-refractivity contribution in [1.82, 2.24) is 10.2 Å². The van der Waals surface area contributed by atoms with Gasteiger partial charge in [0.2, 0.25) is 12.7 Å². The third kappa shape index (κ3) is 4.33. The lowest BCUT2D eigenvalue weighted by molar-refractivity contribution is -0.121. The number of ether oxygens (including phenoxy) is 2. The van der Waals surface area contributed by atoms with Crippen molar-refractivity contribution < 1.29 is 19.1 Å². The summed E-state index contributed by atoms with van der Waals surface area (Å²) < 4.78 is 10.6. The van der Waals surface area contributed by atoms with Gasteiger partial charge in [0.1, 0.15) is 0 Å². The molecule has 6 nitrogen and oxygen atoms in total. The molecule has 3 rings (SSSR count). The summed E-state index contributed by atoms with van der Waals surface area (Å²) in [6.07, 6.45) is 1.02. The van der Waals surface area contributed by atoms with Crippen LogP contribution in [0.4, 0.5) is 0 Å². The van der Waals surface area contributed by atoms with Crippen molar-refractivity contribution >= 4 is 11.8 Å². The van der Waals surface area contributed by atoms with Crippen LogP contribution < -0.4 is 14.8 Å². The molecule has 2 aromatic rings. The summed E-state index contributed by atoms with van der Waals surface area (Å²) in [5, 5.41) is 2.91. The van der Waals surface area contributed by atoms with Crippen molar-refractivity contribution in [3.63, 3.8) is 0 Å². The summed E-state index contributed by atoms with van der Waals surface area (Å²) in [5.41, 5.74) is 2.64. The lowest BCUT2D eigenvalue weighted by Gasteiger charge is -2.10. The number of amides is 2. The van der Waals surface area contributed by atoms with Gasteiger partial charge in [-0.25, -0.2) is 0 Å². The molecule has 6 heteroatoms. The SMILES string of the molecule is CN(C)C(=O)c1ccc(CCC(=O)NCc2ccc3c(c2)OCO3)cc1. The van der Waals surface area contributed by atoms with E-state index >= 15 is 0 Å². The number of rotatable bonds is 6. The van der Waals surface area contributed by atoms with Crippen LogP contribution in [0.25, 0.3) is 0 Å². The molecule has 0 fully saturated rings. The highest BCUT2D eigenvalue weighted by Gasteiger charge is 2.13. The summed E-state index contributed by atoms with van der Waals surface area (Å²) in [4.78, 5) is 25.5. The van der Waals surface area contributed by atoms with Crippen LogP contribution in [0.5, 0.6) is 11.5 Å². The molecule has 0 unspecified atom stereocenters. The molecule has 0 bridgehead atoms. The molecule has 1 N–H and O–H groups in total. The summed E-state index contributed by atoms with van der Waals surface area (Å²) in [7, 11) is 3.45. The fraction of sp³-hybridized carbons (Fsp3) is 0.300. The third-order valence-corrected chi connectivity index (χ3v) is 4.17. The molecular weight excluding hydrogens is 332 g/mol. The van der Waals surface area contributed by atoms with Crippen LogP contribution in [0, 0.1) is 0 Å². The highest BCUT2D eigenvalue weighted by Crippen LogP contribution is 2.32. The average molecular weight is 354 g/mol. The van der Waals surface area contributed by atoms with Gasteiger partial charge in [0.15, 0.2) is 11.5 Å². The van der Waals surface area contributed by atoms with Crippen LogP contribution in [0.15, 0.2) is 42.5 Å². The Labute approximate surface area is 152 Å². The summed E-state index contributed by atoms with van der Waals surface area (Å²) >= 11 is 0. The number of hydrogen-bond acceptors (Lipinski definition) is 4. The molecule has 1 aliphatic rings. The maximum atomic E-state index is 12.1. The van der Waals surface area contributed by atoms with E-state index < -0.39 is 0 Å². The summed E-state index contributed by atoms with van der Waals surface area (Å²) in [5.74, 6) is 1.40. The lowest BCUT2D eigenvalue weighted by atomic mass is 10.1. The Balaban J connectivity index is 1.46. The monoisotopic (exact) mass is 354 g/mol. The molecule has 0 atom stereocenters. The second-order valence-corrected chi connectivity index (χ2v) is 6.36. The molecule has 2 aromatic carbocycles. The molecule has 1 heterocycles. The number of hydrogen-bond donors (Lipinski definition) is 1. The Morgan fingerprint density at radius 3 is 2.42 bits per heavy atom. The van der Waals surface area contributed by atoms with Crippen molar-refractivity contribution in [2.75, 3.05) is 20.9 Å². The fourth-order valence-corrected chi connectivity index (χ4v) is 2.67. The van der Waals surface area contributed by atoms with Crippen LogP contribution in [0.3, 0.4) is 0 Å². The van der Waals surface area contributed by atoms with Gasteiger partial charge in [-0.1, -0.05) is 18.2 Å². The first-order valence-corrected chi connectivity index (χ1v) is 8.49. The second kappa shape index (κ2) is 7.91. The molecule has 136 valence electrons.